The van der Waals surface area contributed by atoms with Gasteiger partial charge in [0.2, 0.25) is 11.8 Å². The first-order valence-electron chi connectivity index (χ1n) is 9.35. The number of carbonyl (C=O) groups is 3. The van der Waals surface area contributed by atoms with Crippen LogP contribution in [0.2, 0.25) is 0 Å². The van der Waals surface area contributed by atoms with Crippen molar-refractivity contribution in [2.45, 2.75) is 33.7 Å². The number of carbonyl (C=O) groups excluding carboxylic acids is 3. The van der Waals surface area contributed by atoms with Crippen LogP contribution in [-0.4, -0.2) is 40.7 Å². The molecular weight excluding hydrogens is 354 g/mol. The van der Waals surface area contributed by atoms with Crippen LogP contribution in [0.4, 0.5) is 10.5 Å². The topological polar surface area (TPSA) is 69.7 Å². The SMILES string of the molecule is Cc1cc(C)cc(CN2C(=O)CCN(CC(=O)Nc3ccccc3C)C2=O)c1. The number of nitrogens with zero attached hydrogens (tertiary/aromatic N) is 2. The summed E-state index contributed by atoms with van der Waals surface area (Å²) in [4.78, 5) is 40.2. The Labute approximate surface area is 165 Å². The molecule has 0 saturated carbocycles. The third-order valence-corrected chi connectivity index (χ3v) is 4.77. The summed E-state index contributed by atoms with van der Waals surface area (Å²) in [6, 6.07) is 13.0. The fourth-order valence-electron chi connectivity index (χ4n) is 3.46. The smallest absolute Gasteiger partial charge is 0.324 e. The second-order valence-electron chi connectivity index (χ2n) is 7.29. The van der Waals surface area contributed by atoms with Crippen LogP contribution in [0.25, 0.3) is 0 Å². The Bertz CT molecular complexity index is 903. The van der Waals surface area contributed by atoms with Crippen molar-refractivity contribution in [2.24, 2.45) is 0 Å². The maximum Gasteiger partial charge on any atom is 0.327 e. The Hall–Kier alpha value is -3.15. The molecule has 0 spiro atoms. The Balaban J connectivity index is 1.68. The van der Waals surface area contributed by atoms with Crippen LogP contribution in [0.1, 0.15) is 28.7 Å². The van der Waals surface area contributed by atoms with Crippen LogP contribution >= 0.6 is 0 Å². The number of urea groups is 1. The molecule has 0 bridgehead atoms. The highest BCUT2D eigenvalue weighted by atomic mass is 16.2. The molecule has 2 aromatic rings. The first-order chi connectivity index (χ1) is 13.3. The van der Waals surface area contributed by atoms with E-state index in [9.17, 15) is 14.4 Å². The zero-order valence-corrected chi connectivity index (χ0v) is 16.5. The standard InChI is InChI=1S/C22H25N3O3/c1-15-10-16(2)12-18(11-15)13-25-21(27)8-9-24(22(25)28)14-20(26)23-19-7-5-4-6-17(19)3/h4-7,10-12H,8-9,13-14H2,1-3H3,(H,23,26). The van der Waals surface area contributed by atoms with E-state index in [1.54, 1.807) is 0 Å². The van der Waals surface area contributed by atoms with E-state index in [1.807, 2.05) is 63.2 Å². The molecule has 6 nitrogen and oxygen atoms in total. The molecule has 1 aliphatic heterocycles. The zero-order chi connectivity index (χ0) is 20.3. The summed E-state index contributed by atoms with van der Waals surface area (Å²) in [6.07, 6.45) is 0.216. The number of anilines is 1. The molecule has 1 saturated heterocycles. The normalized spacial score (nSPS) is 14.4. The van der Waals surface area contributed by atoms with Gasteiger partial charge in [-0.3, -0.25) is 14.5 Å². The Morgan fingerprint density at radius 1 is 1.04 bits per heavy atom. The molecule has 3 rings (SSSR count). The fourth-order valence-corrected chi connectivity index (χ4v) is 3.46. The molecule has 0 radical (unpaired) electrons. The molecule has 0 aliphatic carbocycles. The van der Waals surface area contributed by atoms with E-state index in [1.165, 1.54) is 9.80 Å². The predicted octanol–water partition coefficient (Wildman–Crippen LogP) is 3.40. The molecule has 1 N–H and O–H groups in total. The summed E-state index contributed by atoms with van der Waals surface area (Å²) in [6.45, 7) is 6.27. The summed E-state index contributed by atoms with van der Waals surface area (Å²) in [5, 5.41) is 2.83. The van der Waals surface area contributed by atoms with Gasteiger partial charge in [0.1, 0.15) is 6.54 Å². The lowest BCUT2D eigenvalue weighted by Gasteiger charge is -2.34. The van der Waals surface area contributed by atoms with Crippen LogP contribution in [-0.2, 0) is 16.1 Å². The van der Waals surface area contributed by atoms with Gasteiger partial charge in [0.25, 0.3) is 0 Å². The number of nitrogens with one attached hydrogen (secondary N) is 1. The van der Waals surface area contributed by atoms with Crippen molar-refractivity contribution in [1.82, 2.24) is 9.80 Å². The lowest BCUT2D eigenvalue weighted by Crippen LogP contribution is -2.53. The van der Waals surface area contributed by atoms with Crippen LogP contribution in [0.5, 0.6) is 0 Å². The Morgan fingerprint density at radius 2 is 1.71 bits per heavy atom. The Kier molecular flexibility index (Phi) is 5.78. The quantitative estimate of drug-likeness (QED) is 0.866. The van der Waals surface area contributed by atoms with Gasteiger partial charge in [0.05, 0.1) is 6.54 Å². The molecule has 0 aromatic heterocycles. The van der Waals surface area contributed by atoms with Crippen molar-refractivity contribution in [3.63, 3.8) is 0 Å². The average molecular weight is 379 g/mol. The van der Waals surface area contributed by atoms with Gasteiger partial charge in [-0.25, -0.2) is 4.79 Å². The van der Waals surface area contributed by atoms with Gasteiger partial charge in [0.15, 0.2) is 0 Å². The number of imide groups is 1. The van der Waals surface area contributed by atoms with Crippen LogP contribution in [0, 0.1) is 20.8 Å². The van der Waals surface area contributed by atoms with Crippen molar-refractivity contribution < 1.29 is 14.4 Å². The third kappa shape index (κ3) is 4.57. The van der Waals surface area contributed by atoms with Gasteiger partial charge in [-0.15, -0.1) is 0 Å². The summed E-state index contributed by atoms with van der Waals surface area (Å²) < 4.78 is 0. The third-order valence-electron chi connectivity index (χ3n) is 4.77. The largest absolute Gasteiger partial charge is 0.327 e. The molecule has 1 heterocycles. The summed E-state index contributed by atoms with van der Waals surface area (Å²) in [5.74, 6) is -0.483. The second kappa shape index (κ2) is 8.25. The molecule has 146 valence electrons. The highest BCUT2D eigenvalue weighted by molar-refractivity contribution is 6.00. The first kappa shape index (κ1) is 19.6. The van der Waals surface area contributed by atoms with Gasteiger partial charge in [0, 0.05) is 18.7 Å². The minimum Gasteiger partial charge on any atom is -0.324 e. The van der Waals surface area contributed by atoms with E-state index in [0.717, 1.165) is 27.9 Å². The molecular formula is C22H25N3O3. The number of hydrogen-bond acceptors (Lipinski definition) is 3. The monoisotopic (exact) mass is 379 g/mol. The molecule has 28 heavy (non-hydrogen) atoms. The van der Waals surface area contributed by atoms with Gasteiger partial charge in [-0.05, 0) is 38.0 Å². The average Bonchev–Trinajstić information content (AvgIpc) is 2.62. The predicted molar refractivity (Wildman–Crippen MR) is 108 cm³/mol. The summed E-state index contributed by atoms with van der Waals surface area (Å²) >= 11 is 0. The summed E-state index contributed by atoms with van der Waals surface area (Å²) in [5.41, 5.74) is 4.75. The van der Waals surface area contributed by atoms with Crippen molar-refractivity contribution in [2.75, 3.05) is 18.4 Å². The minimum absolute atomic E-state index is 0.0796. The molecule has 0 atom stereocenters. The van der Waals surface area contributed by atoms with Crippen molar-refractivity contribution in [1.29, 1.82) is 0 Å². The number of para-hydroxylation sites is 1. The van der Waals surface area contributed by atoms with Gasteiger partial charge in [-0.2, -0.15) is 0 Å². The van der Waals surface area contributed by atoms with Crippen molar-refractivity contribution in [3.05, 3.63) is 64.7 Å². The van der Waals surface area contributed by atoms with Crippen molar-refractivity contribution in [3.8, 4) is 0 Å². The number of amides is 4. The summed E-state index contributed by atoms with van der Waals surface area (Å²) in [7, 11) is 0. The molecule has 6 heteroatoms. The minimum atomic E-state index is -0.421. The number of rotatable bonds is 5. The second-order valence-corrected chi connectivity index (χ2v) is 7.29. The lowest BCUT2D eigenvalue weighted by molar-refractivity contribution is -0.132. The van der Waals surface area contributed by atoms with Gasteiger partial charge in [-0.1, -0.05) is 47.5 Å². The molecule has 1 fully saturated rings. The van der Waals surface area contributed by atoms with Crippen LogP contribution < -0.4 is 5.32 Å². The zero-order valence-electron chi connectivity index (χ0n) is 16.5. The van der Waals surface area contributed by atoms with E-state index in [-0.39, 0.29) is 37.9 Å². The molecule has 1 aliphatic rings. The van der Waals surface area contributed by atoms with Crippen LogP contribution in [0.15, 0.2) is 42.5 Å². The lowest BCUT2D eigenvalue weighted by atomic mass is 10.1. The maximum atomic E-state index is 12.8. The molecule has 0 unspecified atom stereocenters. The molecule has 4 amide bonds. The maximum absolute atomic E-state index is 12.8. The van der Waals surface area contributed by atoms with E-state index in [2.05, 4.69) is 5.32 Å². The van der Waals surface area contributed by atoms with E-state index in [4.69, 9.17) is 0 Å². The van der Waals surface area contributed by atoms with Gasteiger partial charge >= 0.3 is 6.03 Å². The van der Waals surface area contributed by atoms with Crippen LogP contribution in [0.3, 0.4) is 0 Å². The fraction of sp³-hybridized carbons (Fsp3) is 0.318. The van der Waals surface area contributed by atoms with E-state index in [0.29, 0.717) is 0 Å². The van der Waals surface area contributed by atoms with Crippen molar-refractivity contribution >= 4 is 23.5 Å². The number of aryl methyl sites for hydroxylation is 3. The van der Waals surface area contributed by atoms with E-state index < -0.39 is 6.03 Å². The highest BCUT2D eigenvalue weighted by Gasteiger charge is 2.33. The van der Waals surface area contributed by atoms with E-state index >= 15 is 0 Å². The molecule has 2 aromatic carbocycles. The van der Waals surface area contributed by atoms with Gasteiger partial charge < -0.3 is 10.2 Å². The highest BCUT2D eigenvalue weighted by Crippen LogP contribution is 2.18. The number of hydrogen-bond donors (Lipinski definition) is 1. The first-order valence-corrected chi connectivity index (χ1v) is 9.35. The Morgan fingerprint density at radius 3 is 2.39 bits per heavy atom. The number of benzene rings is 2.